The monoisotopic (exact) mass is 189 g/mol. The zero-order chi connectivity index (χ0) is 10.1. The van der Waals surface area contributed by atoms with Gasteiger partial charge in [0.05, 0.1) is 0 Å². The van der Waals surface area contributed by atoms with Gasteiger partial charge in [-0.1, -0.05) is 16.8 Å². The van der Waals surface area contributed by atoms with Crippen LogP contribution < -0.4 is 4.85 Å². The molecule has 2 rings (SSSR count). The molecule has 4 nitrogen and oxygen atoms in total. The van der Waals surface area contributed by atoms with Crippen LogP contribution in [0, 0.1) is 5.21 Å². The third kappa shape index (κ3) is 1.16. The minimum atomic E-state index is 0.591. The molecule has 72 valence electrons. The molecular formula is C10H11N3O. The number of hydrogen-bond donors (Lipinski definition) is 0. The molecule has 0 radical (unpaired) electrons. The molecule has 0 N–H and O–H groups in total. The van der Waals surface area contributed by atoms with Gasteiger partial charge >= 0.3 is 0 Å². The fraction of sp³-hybridized carbons (Fsp3) is 0.200. The van der Waals surface area contributed by atoms with Gasteiger partial charge in [0, 0.05) is 0 Å². The third-order valence-electron chi connectivity index (χ3n) is 2.24. The number of allylic oxidation sites excluding steroid dienone is 2. The maximum Gasteiger partial charge on any atom is 0.204 e. The average molecular weight is 189 g/mol. The topological polar surface area (TPSA) is 44.8 Å². The molecule has 0 saturated carbocycles. The minimum absolute atomic E-state index is 0.591. The third-order valence-corrected chi connectivity index (χ3v) is 2.24. The molecule has 0 aliphatic heterocycles. The first kappa shape index (κ1) is 8.74. The van der Waals surface area contributed by atoms with Gasteiger partial charge in [-0.05, 0) is 32.1 Å². The Morgan fingerprint density at radius 1 is 1.50 bits per heavy atom. The summed E-state index contributed by atoms with van der Waals surface area (Å²) in [7, 11) is 0. The predicted molar refractivity (Wildman–Crippen MR) is 54.3 cm³/mol. The highest BCUT2D eigenvalue weighted by atomic mass is 16.5. The van der Waals surface area contributed by atoms with Crippen LogP contribution in [-0.4, -0.2) is 9.90 Å². The fourth-order valence-electron chi connectivity index (χ4n) is 1.37. The normalized spacial score (nSPS) is 12.3. The smallest absolute Gasteiger partial charge is 0.204 e. The molecule has 1 aromatic heterocycles. The van der Waals surface area contributed by atoms with Gasteiger partial charge in [-0.2, -0.15) is 0 Å². The number of rotatable bonds is 1. The van der Waals surface area contributed by atoms with Crippen molar-refractivity contribution in [2.24, 2.45) is 0 Å². The highest BCUT2D eigenvalue weighted by Crippen LogP contribution is 2.12. The van der Waals surface area contributed by atoms with Gasteiger partial charge in [-0.25, -0.2) is 0 Å². The van der Waals surface area contributed by atoms with E-state index in [4.69, 9.17) is 0 Å². The molecule has 0 bridgehead atoms. The molecule has 0 saturated heterocycles. The summed E-state index contributed by atoms with van der Waals surface area (Å²) in [6.07, 6.45) is 1.92. The summed E-state index contributed by atoms with van der Waals surface area (Å²) in [6.45, 7) is 3.83. The van der Waals surface area contributed by atoms with Crippen LogP contribution in [-0.2, 0) is 0 Å². The van der Waals surface area contributed by atoms with Crippen molar-refractivity contribution in [2.75, 3.05) is 0 Å². The second-order valence-electron chi connectivity index (χ2n) is 3.09. The molecule has 1 aromatic carbocycles. The zero-order valence-electron chi connectivity index (χ0n) is 8.14. The molecule has 0 unspecified atom stereocenters. The summed E-state index contributed by atoms with van der Waals surface area (Å²) >= 11 is 0. The Morgan fingerprint density at radius 3 is 2.93 bits per heavy atom. The van der Waals surface area contributed by atoms with E-state index in [9.17, 15) is 5.21 Å². The van der Waals surface area contributed by atoms with E-state index >= 15 is 0 Å². The van der Waals surface area contributed by atoms with Crippen LogP contribution >= 0.6 is 0 Å². The van der Waals surface area contributed by atoms with Gasteiger partial charge in [0.15, 0.2) is 0 Å². The zero-order valence-corrected chi connectivity index (χ0v) is 8.14. The van der Waals surface area contributed by atoms with Crippen molar-refractivity contribution in [3.05, 3.63) is 35.5 Å². The molecule has 0 fully saturated rings. The van der Waals surface area contributed by atoms with Gasteiger partial charge in [0.2, 0.25) is 11.0 Å². The Kier molecular flexibility index (Phi) is 1.96. The first-order valence-corrected chi connectivity index (χ1v) is 4.45. The van der Waals surface area contributed by atoms with Crippen molar-refractivity contribution in [3.8, 4) is 0 Å². The summed E-state index contributed by atoms with van der Waals surface area (Å²) in [5, 5.41) is 15.2. The van der Waals surface area contributed by atoms with Crippen LogP contribution in [0.25, 0.3) is 16.7 Å². The Morgan fingerprint density at radius 2 is 2.21 bits per heavy atom. The highest BCUT2D eigenvalue weighted by Gasteiger charge is 2.13. The Bertz CT molecular complexity index is 499. The lowest BCUT2D eigenvalue weighted by Crippen LogP contribution is -2.29. The number of aromatic nitrogens is 3. The van der Waals surface area contributed by atoms with E-state index in [2.05, 4.69) is 5.21 Å². The van der Waals surface area contributed by atoms with Crippen LogP contribution in [0.15, 0.2) is 30.3 Å². The minimum Gasteiger partial charge on any atom is -0.691 e. The van der Waals surface area contributed by atoms with Crippen molar-refractivity contribution in [1.29, 1.82) is 0 Å². The van der Waals surface area contributed by atoms with Crippen LogP contribution in [0.5, 0.6) is 0 Å². The largest absolute Gasteiger partial charge is 0.691 e. The van der Waals surface area contributed by atoms with Gasteiger partial charge in [-0.3, -0.25) is 0 Å². The lowest BCUT2D eigenvalue weighted by molar-refractivity contribution is -0.645. The molecular weight excluding hydrogens is 178 g/mol. The summed E-state index contributed by atoms with van der Waals surface area (Å²) in [4.78, 5) is 0.641. The summed E-state index contributed by atoms with van der Waals surface area (Å²) in [5.74, 6) is 0. The molecule has 4 heteroatoms. The first-order valence-electron chi connectivity index (χ1n) is 4.45. The van der Waals surface area contributed by atoms with Crippen molar-refractivity contribution in [1.82, 2.24) is 9.90 Å². The second kappa shape index (κ2) is 3.14. The Balaban J connectivity index is 2.79. The van der Waals surface area contributed by atoms with Crippen LogP contribution in [0.4, 0.5) is 0 Å². The molecule has 0 atom stereocenters. The summed E-state index contributed by atoms with van der Waals surface area (Å²) < 4.78 is 1.64. The fourth-order valence-corrected chi connectivity index (χ4v) is 1.37. The average Bonchev–Trinajstić information content (AvgIpc) is 2.56. The lowest BCUT2D eigenvalue weighted by atomic mass is 10.3. The van der Waals surface area contributed by atoms with E-state index in [0.717, 1.165) is 11.2 Å². The standard InChI is InChI=1S/C10H11N3O/c1-3-8(2)12-9-6-4-5-7-10(9)13(14)11-12/h3-7H,1-2H3/b8-3+. The van der Waals surface area contributed by atoms with Gasteiger partial charge in [0.25, 0.3) is 0 Å². The first-order chi connectivity index (χ1) is 6.74. The molecule has 1 heterocycles. The van der Waals surface area contributed by atoms with Crippen molar-refractivity contribution >= 4 is 16.7 Å². The maximum absolute atomic E-state index is 11.4. The quantitative estimate of drug-likeness (QED) is 0.504. The van der Waals surface area contributed by atoms with Gasteiger partial charge in [0.1, 0.15) is 10.9 Å². The van der Waals surface area contributed by atoms with Crippen LogP contribution in [0.1, 0.15) is 13.8 Å². The number of benzene rings is 1. The molecule has 0 amide bonds. The van der Waals surface area contributed by atoms with E-state index in [1.807, 2.05) is 38.1 Å². The van der Waals surface area contributed by atoms with E-state index in [-0.39, 0.29) is 0 Å². The van der Waals surface area contributed by atoms with Crippen LogP contribution in [0.3, 0.4) is 0 Å². The molecule has 0 aliphatic rings. The van der Waals surface area contributed by atoms with E-state index in [1.165, 1.54) is 0 Å². The van der Waals surface area contributed by atoms with Crippen molar-refractivity contribution in [3.63, 3.8) is 0 Å². The van der Waals surface area contributed by atoms with E-state index < -0.39 is 0 Å². The molecule has 0 spiro atoms. The summed E-state index contributed by atoms with van der Waals surface area (Å²) in [5.41, 5.74) is 2.36. The van der Waals surface area contributed by atoms with Crippen LogP contribution in [0.2, 0.25) is 0 Å². The molecule has 14 heavy (non-hydrogen) atoms. The van der Waals surface area contributed by atoms with Gasteiger partial charge in [-0.15, -0.1) is 4.85 Å². The second-order valence-corrected chi connectivity index (χ2v) is 3.09. The SMILES string of the molecule is C/C=C(\C)n1n[n+]([O-])c2ccccc21. The van der Waals surface area contributed by atoms with Gasteiger partial charge < -0.3 is 5.21 Å². The maximum atomic E-state index is 11.4. The highest BCUT2D eigenvalue weighted by molar-refractivity contribution is 5.74. The van der Waals surface area contributed by atoms with E-state index in [1.54, 1.807) is 10.7 Å². The number of fused-ring (bicyclic) bond motifs is 1. The van der Waals surface area contributed by atoms with Crippen molar-refractivity contribution < 1.29 is 4.85 Å². The summed E-state index contributed by atoms with van der Waals surface area (Å²) in [6, 6.07) is 7.36. The number of nitrogens with zero attached hydrogens (tertiary/aromatic N) is 3. The molecule has 0 aliphatic carbocycles. The number of hydrogen-bond acceptors (Lipinski definition) is 2. The van der Waals surface area contributed by atoms with E-state index in [0.29, 0.717) is 10.4 Å². The predicted octanol–water partition coefficient (Wildman–Crippen LogP) is 1.55. The van der Waals surface area contributed by atoms with Crippen molar-refractivity contribution in [2.45, 2.75) is 13.8 Å². The Hall–Kier alpha value is -1.84. The number of para-hydroxylation sites is 2. The molecule has 2 aromatic rings. The Labute approximate surface area is 81.6 Å². The lowest BCUT2D eigenvalue weighted by Gasteiger charge is -1.90.